The molecule has 0 aromatic carbocycles. The zero-order valence-electron chi connectivity index (χ0n) is 12.6. The first-order valence-electron chi connectivity index (χ1n) is 7.13. The van der Waals surface area contributed by atoms with Gasteiger partial charge in [0.2, 0.25) is 5.91 Å². The molecule has 0 saturated heterocycles. The summed E-state index contributed by atoms with van der Waals surface area (Å²) in [5.41, 5.74) is 0.342. The van der Waals surface area contributed by atoms with E-state index in [4.69, 9.17) is 0 Å². The van der Waals surface area contributed by atoms with E-state index in [1.807, 2.05) is 13.8 Å². The maximum absolute atomic E-state index is 12.8. The van der Waals surface area contributed by atoms with E-state index >= 15 is 0 Å². The predicted molar refractivity (Wildman–Crippen MR) is 79.4 cm³/mol. The van der Waals surface area contributed by atoms with Crippen LogP contribution < -0.4 is 5.32 Å². The van der Waals surface area contributed by atoms with Crippen LogP contribution in [0.4, 0.5) is 18.3 Å². The Morgan fingerprint density at radius 3 is 2.65 bits per heavy atom. The highest BCUT2D eigenvalue weighted by Gasteiger charge is 2.38. The summed E-state index contributed by atoms with van der Waals surface area (Å²) in [5.74, 6) is -0.367. The van der Waals surface area contributed by atoms with E-state index in [1.165, 1.54) is 11.3 Å². The summed E-state index contributed by atoms with van der Waals surface area (Å²) >= 11 is 1.33. The summed E-state index contributed by atoms with van der Waals surface area (Å²) < 4.78 is 39.6. The number of hydrogen-bond donors (Lipinski definition) is 1. The number of amides is 1. The monoisotopic (exact) mass is 344 g/mol. The Labute approximate surface area is 134 Å². The van der Waals surface area contributed by atoms with Crippen molar-refractivity contribution in [1.29, 1.82) is 0 Å². The zero-order chi connectivity index (χ0) is 16.8. The summed E-state index contributed by atoms with van der Waals surface area (Å²) in [4.78, 5) is 17.2. The number of halogens is 3. The molecule has 1 aliphatic rings. The van der Waals surface area contributed by atoms with Crippen LogP contribution in [0, 0.1) is 13.8 Å². The molecule has 0 bridgehead atoms. The van der Waals surface area contributed by atoms with Gasteiger partial charge in [0, 0.05) is 16.5 Å². The highest BCUT2D eigenvalue weighted by Crippen LogP contribution is 2.42. The van der Waals surface area contributed by atoms with Crippen molar-refractivity contribution in [1.82, 2.24) is 14.8 Å². The second-order valence-electron chi connectivity index (χ2n) is 5.59. The lowest BCUT2D eigenvalue weighted by atomic mass is 10.2. The quantitative estimate of drug-likeness (QED) is 0.924. The molecule has 0 aliphatic heterocycles. The molecule has 1 aliphatic carbocycles. The third-order valence-corrected chi connectivity index (χ3v) is 4.65. The van der Waals surface area contributed by atoms with E-state index in [-0.39, 0.29) is 12.5 Å². The number of alkyl halides is 3. The first kappa shape index (κ1) is 16.0. The van der Waals surface area contributed by atoms with Gasteiger partial charge in [0.05, 0.1) is 5.69 Å². The molecule has 1 N–H and O–H groups in total. The fraction of sp³-hybridized carbons (Fsp3) is 0.500. The second kappa shape index (κ2) is 5.63. The lowest BCUT2D eigenvalue weighted by molar-refractivity contribution is -0.141. The Morgan fingerprint density at radius 1 is 1.43 bits per heavy atom. The van der Waals surface area contributed by atoms with Crippen LogP contribution in [-0.4, -0.2) is 20.7 Å². The molecule has 9 heteroatoms. The van der Waals surface area contributed by atoms with E-state index < -0.39 is 17.8 Å². The first-order valence-corrected chi connectivity index (χ1v) is 7.94. The molecule has 0 atom stereocenters. The molecular weight excluding hydrogens is 329 g/mol. The SMILES string of the molecule is Cc1nc(NC(=O)Cn2nc(C(F)(F)F)cc2C2CC2)sc1C. The van der Waals surface area contributed by atoms with E-state index in [9.17, 15) is 18.0 Å². The molecule has 23 heavy (non-hydrogen) atoms. The Morgan fingerprint density at radius 2 is 2.13 bits per heavy atom. The molecule has 2 aromatic heterocycles. The van der Waals surface area contributed by atoms with Gasteiger partial charge >= 0.3 is 6.18 Å². The molecule has 5 nitrogen and oxygen atoms in total. The van der Waals surface area contributed by atoms with Crippen molar-refractivity contribution in [3.05, 3.63) is 28.0 Å². The Bertz CT molecular complexity index is 726. The minimum atomic E-state index is -4.51. The number of hydrogen-bond acceptors (Lipinski definition) is 4. The van der Waals surface area contributed by atoms with Gasteiger partial charge in [-0.25, -0.2) is 4.98 Å². The normalized spacial score (nSPS) is 15.0. The highest BCUT2D eigenvalue weighted by atomic mass is 32.1. The van der Waals surface area contributed by atoms with Gasteiger partial charge in [0.1, 0.15) is 6.54 Å². The zero-order valence-corrected chi connectivity index (χ0v) is 13.4. The van der Waals surface area contributed by atoms with Gasteiger partial charge in [0.25, 0.3) is 0 Å². The number of nitrogens with zero attached hydrogens (tertiary/aromatic N) is 3. The molecule has 3 rings (SSSR count). The van der Waals surface area contributed by atoms with Gasteiger partial charge in [-0.2, -0.15) is 18.3 Å². The number of thiazole rings is 1. The van der Waals surface area contributed by atoms with E-state index in [0.29, 0.717) is 10.8 Å². The number of carbonyl (C=O) groups excluding carboxylic acids is 1. The fourth-order valence-electron chi connectivity index (χ4n) is 2.23. The summed E-state index contributed by atoms with van der Waals surface area (Å²) in [6.45, 7) is 3.46. The molecule has 0 unspecified atom stereocenters. The molecule has 0 spiro atoms. The average molecular weight is 344 g/mol. The average Bonchev–Trinajstić information content (AvgIpc) is 3.10. The molecule has 124 valence electrons. The number of aryl methyl sites for hydroxylation is 2. The van der Waals surface area contributed by atoms with Crippen LogP contribution in [0.3, 0.4) is 0 Å². The van der Waals surface area contributed by atoms with Crippen LogP contribution in [0.25, 0.3) is 0 Å². The van der Waals surface area contributed by atoms with Crippen molar-refractivity contribution < 1.29 is 18.0 Å². The smallest absolute Gasteiger partial charge is 0.300 e. The highest BCUT2D eigenvalue weighted by molar-refractivity contribution is 7.15. The molecule has 2 heterocycles. The number of anilines is 1. The van der Waals surface area contributed by atoms with Crippen LogP contribution in [-0.2, 0) is 17.5 Å². The fourth-order valence-corrected chi connectivity index (χ4v) is 3.06. The van der Waals surface area contributed by atoms with Crippen molar-refractivity contribution in [2.45, 2.75) is 45.3 Å². The maximum Gasteiger partial charge on any atom is 0.435 e. The van der Waals surface area contributed by atoms with Crippen LogP contribution in [0.15, 0.2) is 6.07 Å². The van der Waals surface area contributed by atoms with Gasteiger partial charge < -0.3 is 5.32 Å². The molecule has 1 saturated carbocycles. The Kier molecular flexibility index (Phi) is 3.91. The largest absolute Gasteiger partial charge is 0.435 e. The van der Waals surface area contributed by atoms with Crippen LogP contribution in [0.2, 0.25) is 0 Å². The van der Waals surface area contributed by atoms with Crippen molar-refractivity contribution >= 4 is 22.4 Å². The third kappa shape index (κ3) is 3.54. The van der Waals surface area contributed by atoms with Gasteiger partial charge in [-0.15, -0.1) is 11.3 Å². The van der Waals surface area contributed by atoms with Gasteiger partial charge in [-0.3, -0.25) is 9.48 Å². The topological polar surface area (TPSA) is 59.8 Å². The summed E-state index contributed by atoms with van der Waals surface area (Å²) in [5, 5.41) is 6.62. The standard InChI is InChI=1S/C14H15F3N4OS/c1-7-8(2)23-13(18-7)19-12(22)6-21-10(9-3-4-9)5-11(20-21)14(15,16)17/h5,9H,3-4,6H2,1-2H3,(H,18,19,22). The summed E-state index contributed by atoms with van der Waals surface area (Å²) in [6.07, 6.45) is -2.85. The van der Waals surface area contributed by atoms with Crippen molar-refractivity contribution in [2.75, 3.05) is 5.32 Å². The lowest BCUT2D eigenvalue weighted by Gasteiger charge is -2.06. The number of carbonyl (C=O) groups is 1. The lowest BCUT2D eigenvalue weighted by Crippen LogP contribution is -2.21. The molecule has 2 aromatic rings. The number of nitrogens with one attached hydrogen (secondary N) is 1. The van der Waals surface area contributed by atoms with E-state index in [0.717, 1.165) is 34.2 Å². The third-order valence-electron chi connectivity index (χ3n) is 3.67. The second-order valence-corrected chi connectivity index (χ2v) is 6.80. The molecule has 1 fully saturated rings. The minimum Gasteiger partial charge on any atom is -0.300 e. The van der Waals surface area contributed by atoms with Crippen LogP contribution >= 0.6 is 11.3 Å². The van der Waals surface area contributed by atoms with Gasteiger partial charge in [-0.05, 0) is 32.8 Å². The summed E-state index contributed by atoms with van der Waals surface area (Å²) in [6, 6.07) is 1.04. The Hall–Kier alpha value is -1.90. The van der Waals surface area contributed by atoms with Crippen LogP contribution in [0.1, 0.15) is 40.7 Å². The van der Waals surface area contributed by atoms with Gasteiger partial charge in [0.15, 0.2) is 10.8 Å². The van der Waals surface area contributed by atoms with E-state index in [2.05, 4.69) is 15.4 Å². The van der Waals surface area contributed by atoms with E-state index in [1.54, 1.807) is 0 Å². The molecule has 1 amide bonds. The van der Waals surface area contributed by atoms with Crippen LogP contribution in [0.5, 0.6) is 0 Å². The molecular formula is C14H15F3N4OS. The number of aromatic nitrogens is 3. The summed E-state index contributed by atoms with van der Waals surface area (Å²) in [7, 11) is 0. The van der Waals surface area contributed by atoms with Crippen molar-refractivity contribution in [3.8, 4) is 0 Å². The Balaban J connectivity index is 1.76. The first-order chi connectivity index (χ1) is 10.7. The van der Waals surface area contributed by atoms with Crippen molar-refractivity contribution in [3.63, 3.8) is 0 Å². The number of rotatable bonds is 4. The predicted octanol–water partition coefficient (Wildman–Crippen LogP) is 3.49. The molecule has 0 radical (unpaired) electrons. The minimum absolute atomic E-state index is 0.0655. The maximum atomic E-state index is 12.8. The van der Waals surface area contributed by atoms with Gasteiger partial charge in [-0.1, -0.05) is 0 Å². The van der Waals surface area contributed by atoms with Crippen molar-refractivity contribution in [2.24, 2.45) is 0 Å².